The van der Waals surface area contributed by atoms with Gasteiger partial charge in [-0.3, -0.25) is 4.79 Å². The summed E-state index contributed by atoms with van der Waals surface area (Å²) in [6.07, 6.45) is 7.24. The number of ether oxygens (including phenoxy) is 1. The van der Waals surface area contributed by atoms with Crippen molar-refractivity contribution in [1.29, 1.82) is 0 Å². The molecule has 0 radical (unpaired) electrons. The molecule has 1 N–H and O–H groups in total. The van der Waals surface area contributed by atoms with E-state index in [1.54, 1.807) is 6.07 Å². The van der Waals surface area contributed by atoms with E-state index in [2.05, 4.69) is 75.2 Å². The van der Waals surface area contributed by atoms with Crippen LogP contribution in [0.2, 0.25) is 0 Å². The summed E-state index contributed by atoms with van der Waals surface area (Å²) in [5.41, 5.74) is 9.45. The Bertz CT molecular complexity index is 1560. The van der Waals surface area contributed by atoms with Crippen molar-refractivity contribution in [1.82, 2.24) is 5.32 Å². The molecule has 204 valence electrons. The van der Waals surface area contributed by atoms with Gasteiger partial charge in [-0.25, -0.2) is 4.39 Å². The fourth-order valence-electron chi connectivity index (χ4n) is 7.20. The molecule has 3 atom stereocenters. The van der Waals surface area contributed by atoms with Gasteiger partial charge in [0.05, 0.1) is 18.1 Å². The lowest BCUT2D eigenvalue weighted by molar-refractivity contribution is -0.127. The van der Waals surface area contributed by atoms with Gasteiger partial charge in [-0.1, -0.05) is 78.9 Å². The third-order valence-electron chi connectivity index (χ3n) is 9.15. The first-order valence-corrected chi connectivity index (χ1v) is 14.3. The Labute approximate surface area is 236 Å². The van der Waals surface area contributed by atoms with Crippen LogP contribution >= 0.6 is 0 Å². The van der Waals surface area contributed by atoms with Crippen molar-refractivity contribution in [2.75, 3.05) is 6.61 Å². The minimum atomic E-state index is -0.641. The molecule has 40 heavy (non-hydrogen) atoms. The Morgan fingerprint density at radius 2 is 1.80 bits per heavy atom. The molecule has 0 saturated carbocycles. The molecule has 6 rings (SSSR count). The number of allylic oxidation sites excluding steroid dienone is 2. The van der Waals surface area contributed by atoms with Crippen molar-refractivity contribution in [2.24, 2.45) is 5.92 Å². The fourth-order valence-corrected chi connectivity index (χ4v) is 7.20. The van der Waals surface area contributed by atoms with Crippen molar-refractivity contribution in [2.45, 2.75) is 57.9 Å². The van der Waals surface area contributed by atoms with Crippen molar-refractivity contribution in [3.8, 4) is 5.75 Å². The molecule has 3 aliphatic rings. The van der Waals surface area contributed by atoms with Gasteiger partial charge < -0.3 is 10.1 Å². The molecule has 3 aromatic rings. The highest BCUT2D eigenvalue weighted by Crippen LogP contribution is 2.55. The maximum Gasteiger partial charge on any atom is 0.228 e. The Balaban J connectivity index is 1.38. The maximum absolute atomic E-state index is 14.5. The van der Waals surface area contributed by atoms with E-state index in [0.717, 1.165) is 40.7 Å². The Morgan fingerprint density at radius 1 is 1.02 bits per heavy atom. The number of aryl methyl sites for hydroxylation is 1. The Hall–Kier alpha value is -3.92. The number of halogens is 1. The van der Waals surface area contributed by atoms with Crippen LogP contribution in [0.4, 0.5) is 4.39 Å². The number of carbonyl (C=O) groups excluding carboxylic acids is 1. The Morgan fingerprint density at radius 3 is 2.55 bits per heavy atom. The fraction of sp³-hybridized carbons (Fsp3) is 0.306. The highest BCUT2D eigenvalue weighted by atomic mass is 19.1. The Kier molecular flexibility index (Phi) is 6.74. The van der Waals surface area contributed by atoms with E-state index in [-0.39, 0.29) is 23.6 Å². The molecular weight excluding hydrogens is 497 g/mol. The van der Waals surface area contributed by atoms with Crippen molar-refractivity contribution in [3.63, 3.8) is 0 Å². The summed E-state index contributed by atoms with van der Waals surface area (Å²) in [6.45, 7) is 11.2. The number of para-hydroxylation sites is 1. The van der Waals surface area contributed by atoms with Crippen LogP contribution in [0.1, 0.15) is 66.0 Å². The summed E-state index contributed by atoms with van der Waals surface area (Å²) in [5.74, 6) is 0.0115. The minimum absolute atomic E-state index is 0.0291. The number of rotatable bonds is 4. The first-order chi connectivity index (χ1) is 19.4. The smallest absolute Gasteiger partial charge is 0.228 e. The first-order valence-electron chi connectivity index (χ1n) is 14.3. The number of benzene rings is 3. The normalized spacial score (nSPS) is 25.6. The molecule has 3 aromatic carbocycles. The molecular formula is C36H36FNO2. The zero-order chi connectivity index (χ0) is 28.0. The molecule has 1 amide bonds. The van der Waals surface area contributed by atoms with Crippen LogP contribution in [-0.4, -0.2) is 12.5 Å². The second-order valence-corrected chi connectivity index (χ2v) is 11.4. The van der Waals surface area contributed by atoms with Crippen LogP contribution in [0.5, 0.6) is 5.75 Å². The quantitative estimate of drug-likeness (QED) is 0.349. The van der Waals surface area contributed by atoms with Gasteiger partial charge in [-0.15, -0.1) is 0 Å². The number of fused-ring (bicyclic) bond motifs is 3. The number of nitrogens with one attached hydrogen (secondary N) is 1. The zero-order valence-electron chi connectivity index (χ0n) is 23.5. The highest BCUT2D eigenvalue weighted by Gasteiger charge is 2.51. The SMILES string of the molecule is C=C1CC2(NC(=O)C1Cc1ccccc1C)/C(=C/C)C(=CC)c1c(CC3CCOc4c(F)cccc43)cccc12. The van der Waals surface area contributed by atoms with Gasteiger partial charge in [0.2, 0.25) is 5.91 Å². The standard InChI is InChI=1S/C36H36FNO2/c1-5-27-30(6-2)36(21-23(4)29(35(39)38-36)20-24-12-8-7-11-22(24)3)31-15-9-13-26(33(27)31)19-25-17-18-40-34-28(25)14-10-16-32(34)37/h5-16,25,29H,4,17-21H2,1-3H3,(H,38,39)/b27-5?,30-6+. The summed E-state index contributed by atoms with van der Waals surface area (Å²) in [7, 11) is 0. The van der Waals surface area contributed by atoms with Crippen molar-refractivity contribution < 1.29 is 13.9 Å². The predicted molar refractivity (Wildman–Crippen MR) is 159 cm³/mol. The second-order valence-electron chi connectivity index (χ2n) is 11.4. The zero-order valence-corrected chi connectivity index (χ0v) is 23.5. The largest absolute Gasteiger partial charge is 0.490 e. The number of amides is 1. The molecule has 2 heterocycles. The van der Waals surface area contributed by atoms with Crippen LogP contribution in [-0.2, 0) is 23.2 Å². The number of hydrogen-bond acceptors (Lipinski definition) is 2. The summed E-state index contributed by atoms with van der Waals surface area (Å²) in [5, 5.41) is 3.51. The van der Waals surface area contributed by atoms with Crippen LogP contribution in [0.3, 0.4) is 0 Å². The van der Waals surface area contributed by atoms with Crippen LogP contribution in [0, 0.1) is 18.7 Å². The highest BCUT2D eigenvalue weighted by molar-refractivity contribution is 5.95. The van der Waals surface area contributed by atoms with Gasteiger partial charge in [0.1, 0.15) is 0 Å². The van der Waals surface area contributed by atoms with E-state index < -0.39 is 5.54 Å². The average molecular weight is 534 g/mol. The van der Waals surface area contributed by atoms with E-state index in [9.17, 15) is 9.18 Å². The van der Waals surface area contributed by atoms with Crippen LogP contribution < -0.4 is 10.1 Å². The number of piperidine rings is 1. The van der Waals surface area contributed by atoms with Crippen LogP contribution in [0.25, 0.3) is 5.57 Å². The first kappa shape index (κ1) is 26.3. The third-order valence-corrected chi connectivity index (χ3v) is 9.15. The lowest BCUT2D eigenvalue weighted by Gasteiger charge is -2.41. The van der Waals surface area contributed by atoms with E-state index in [1.165, 1.54) is 28.3 Å². The molecule has 1 aliphatic carbocycles. The van der Waals surface area contributed by atoms with E-state index in [0.29, 0.717) is 25.2 Å². The van der Waals surface area contributed by atoms with Crippen LogP contribution in [0.15, 0.2) is 90.5 Å². The van der Waals surface area contributed by atoms with Gasteiger partial charge in [0, 0.05) is 12.0 Å². The summed E-state index contributed by atoms with van der Waals surface area (Å²) in [4.78, 5) is 13.9. The molecule has 1 fully saturated rings. The number of carbonyl (C=O) groups is 1. The van der Waals surface area contributed by atoms with E-state index in [4.69, 9.17) is 4.74 Å². The van der Waals surface area contributed by atoms with Gasteiger partial charge in [-0.05, 0) is 91.0 Å². The second kappa shape index (κ2) is 10.2. The maximum atomic E-state index is 14.5. The van der Waals surface area contributed by atoms with Gasteiger partial charge in [0.15, 0.2) is 11.6 Å². The van der Waals surface area contributed by atoms with Crippen molar-refractivity contribution >= 4 is 11.5 Å². The van der Waals surface area contributed by atoms with E-state index >= 15 is 0 Å². The topological polar surface area (TPSA) is 38.3 Å². The summed E-state index contributed by atoms with van der Waals surface area (Å²) < 4.78 is 20.2. The molecule has 1 saturated heterocycles. The molecule has 1 spiro atoms. The van der Waals surface area contributed by atoms with Gasteiger partial charge in [-0.2, -0.15) is 0 Å². The number of hydrogen-bond donors (Lipinski definition) is 1. The van der Waals surface area contributed by atoms with Gasteiger partial charge in [0.25, 0.3) is 0 Å². The molecule has 4 heteroatoms. The molecule has 3 unspecified atom stereocenters. The summed E-state index contributed by atoms with van der Waals surface area (Å²) >= 11 is 0. The molecule has 0 aromatic heterocycles. The molecule has 3 nitrogen and oxygen atoms in total. The lowest BCUT2D eigenvalue weighted by Crippen LogP contribution is -2.53. The third kappa shape index (κ3) is 4.13. The predicted octanol–water partition coefficient (Wildman–Crippen LogP) is 7.74. The summed E-state index contributed by atoms with van der Waals surface area (Å²) in [6, 6.07) is 19.9. The average Bonchev–Trinajstić information content (AvgIpc) is 3.20. The monoisotopic (exact) mass is 533 g/mol. The minimum Gasteiger partial charge on any atom is -0.490 e. The van der Waals surface area contributed by atoms with E-state index in [1.807, 2.05) is 18.2 Å². The molecule has 2 aliphatic heterocycles. The van der Waals surface area contributed by atoms with Gasteiger partial charge >= 0.3 is 0 Å². The molecule has 0 bridgehead atoms. The van der Waals surface area contributed by atoms with Crippen molar-refractivity contribution in [3.05, 3.63) is 130 Å². The lowest BCUT2D eigenvalue weighted by atomic mass is 9.73.